The fraction of sp³-hybridized carbons (Fsp3) is 0.208. The van der Waals surface area contributed by atoms with Crippen LogP contribution in [0.4, 0.5) is 0 Å². The molecule has 0 spiro atoms. The fourth-order valence-corrected chi connectivity index (χ4v) is 3.98. The normalized spacial score (nSPS) is 18.6. The zero-order valence-electron chi connectivity index (χ0n) is 16.8. The number of nitrogens with one attached hydrogen (secondary N) is 2. The standard InChI is InChI=1S/C24H24N4O2/c1-29-18-11-13-19(14-12-18)30-16-24-25-20-9-5-6-10-22(20)28(24)23-15-21(26-27-23)17-7-3-2-4-8-17/h2-14,21,23,26-27H,15-16H2,1H3. The molecule has 2 N–H and O–H groups in total. The number of benzene rings is 3. The predicted octanol–water partition coefficient (Wildman–Crippen LogP) is 4.36. The molecule has 0 aliphatic carbocycles. The van der Waals surface area contributed by atoms with E-state index < -0.39 is 0 Å². The second-order valence-electron chi connectivity index (χ2n) is 7.35. The first-order valence-corrected chi connectivity index (χ1v) is 10.1. The van der Waals surface area contributed by atoms with E-state index in [0.29, 0.717) is 6.61 Å². The van der Waals surface area contributed by atoms with Crippen LogP contribution < -0.4 is 20.3 Å². The molecular weight excluding hydrogens is 376 g/mol. The van der Waals surface area contributed by atoms with E-state index in [4.69, 9.17) is 14.5 Å². The number of para-hydroxylation sites is 2. The molecule has 0 amide bonds. The van der Waals surface area contributed by atoms with E-state index in [1.54, 1.807) is 7.11 Å². The number of ether oxygens (including phenoxy) is 2. The average Bonchev–Trinajstić information content (AvgIpc) is 3.43. The van der Waals surface area contributed by atoms with E-state index >= 15 is 0 Å². The summed E-state index contributed by atoms with van der Waals surface area (Å²) in [6, 6.07) is 26.6. The molecule has 2 heterocycles. The number of hydrazine groups is 1. The molecular formula is C24H24N4O2. The van der Waals surface area contributed by atoms with E-state index in [0.717, 1.165) is 34.8 Å². The molecule has 152 valence electrons. The van der Waals surface area contributed by atoms with Crippen LogP contribution in [0.15, 0.2) is 78.9 Å². The molecule has 1 aliphatic rings. The first-order chi connectivity index (χ1) is 14.8. The topological polar surface area (TPSA) is 60.3 Å². The molecule has 30 heavy (non-hydrogen) atoms. The van der Waals surface area contributed by atoms with Gasteiger partial charge >= 0.3 is 0 Å². The molecule has 5 rings (SSSR count). The second kappa shape index (κ2) is 8.18. The highest BCUT2D eigenvalue weighted by molar-refractivity contribution is 5.76. The van der Waals surface area contributed by atoms with E-state index in [9.17, 15) is 0 Å². The molecule has 0 bridgehead atoms. The van der Waals surface area contributed by atoms with Crippen LogP contribution in [-0.2, 0) is 6.61 Å². The SMILES string of the molecule is COc1ccc(OCc2nc3ccccc3n2C2CC(c3ccccc3)NN2)cc1. The van der Waals surface area contributed by atoms with Gasteiger partial charge in [-0.1, -0.05) is 42.5 Å². The summed E-state index contributed by atoms with van der Waals surface area (Å²) >= 11 is 0. The second-order valence-corrected chi connectivity index (χ2v) is 7.35. The van der Waals surface area contributed by atoms with Gasteiger partial charge in [0.2, 0.25) is 0 Å². The predicted molar refractivity (Wildman–Crippen MR) is 116 cm³/mol. The van der Waals surface area contributed by atoms with Crippen molar-refractivity contribution < 1.29 is 9.47 Å². The minimum absolute atomic E-state index is 0.0806. The third-order valence-corrected chi connectivity index (χ3v) is 5.49. The lowest BCUT2D eigenvalue weighted by Crippen LogP contribution is -2.30. The molecule has 4 aromatic rings. The number of aromatic nitrogens is 2. The molecule has 3 aromatic carbocycles. The highest BCUT2D eigenvalue weighted by Gasteiger charge is 2.29. The molecule has 1 fully saturated rings. The molecule has 6 nitrogen and oxygen atoms in total. The maximum absolute atomic E-state index is 6.05. The van der Waals surface area contributed by atoms with Crippen LogP contribution in [0.25, 0.3) is 11.0 Å². The minimum Gasteiger partial charge on any atom is -0.497 e. The van der Waals surface area contributed by atoms with Crippen molar-refractivity contribution in [1.82, 2.24) is 20.4 Å². The van der Waals surface area contributed by atoms with Crippen molar-refractivity contribution in [3.05, 3.63) is 90.3 Å². The van der Waals surface area contributed by atoms with Crippen LogP contribution >= 0.6 is 0 Å². The molecule has 1 saturated heterocycles. The van der Waals surface area contributed by atoms with Gasteiger partial charge in [0.15, 0.2) is 0 Å². The third kappa shape index (κ3) is 3.63. The average molecular weight is 400 g/mol. The maximum atomic E-state index is 6.05. The number of methoxy groups -OCH3 is 1. The summed E-state index contributed by atoms with van der Waals surface area (Å²) in [4.78, 5) is 4.85. The smallest absolute Gasteiger partial charge is 0.149 e. The molecule has 6 heteroatoms. The van der Waals surface area contributed by atoms with Crippen LogP contribution in [0, 0.1) is 0 Å². The first-order valence-electron chi connectivity index (χ1n) is 10.1. The summed E-state index contributed by atoms with van der Waals surface area (Å²) in [5.41, 5.74) is 10.2. The number of rotatable bonds is 6. The van der Waals surface area contributed by atoms with Crippen molar-refractivity contribution in [2.24, 2.45) is 0 Å². The van der Waals surface area contributed by atoms with E-state index in [2.05, 4.69) is 45.8 Å². The largest absolute Gasteiger partial charge is 0.497 e. The molecule has 2 atom stereocenters. The van der Waals surface area contributed by atoms with Gasteiger partial charge < -0.3 is 14.0 Å². The van der Waals surface area contributed by atoms with Crippen LogP contribution in [0.5, 0.6) is 11.5 Å². The molecule has 2 unspecified atom stereocenters. The van der Waals surface area contributed by atoms with Gasteiger partial charge in [-0.05, 0) is 42.0 Å². The lowest BCUT2D eigenvalue weighted by Gasteiger charge is -2.17. The Kier molecular flexibility index (Phi) is 5.09. The highest BCUT2D eigenvalue weighted by Crippen LogP contribution is 2.31. The van der Waals surface area contributed by atoms with Gasteiger partial charge in [0, 0.05) is 12.5 Å². The number of nitrogens with zero attached hydrogens (tertiary/aromatic N) is 2. The van der Waals surface area contributed by atoms with Crippen LogP contribution in [0.3, 0.4) is 0 Å². The summed E-state index contributed by atoms with van der Waals surface area (Å²) in [6.07, 6.45) is 0.997. The maximum Gasteiger partial charge on any atom is 0.149 e. The van der Waals surface area contributed by atoms with Crippen LogP contribution in [0.1, 0.15) is 30.0 Å². The number of hydrogen-bond donors (Lipinski definition) is 2. The third-order valence-electron chi connectivity index (χ3n) is 5.49. The Hall–Kier alpha value is -3.35. The van der Waals surface area contributed by atoms with E-state index in [1.165, 1.54) is 5.56 Å². The zero-order valence-corrected chi connectivity index (χ0v) is 16.8. The van der Waals surface area contributed by atoms with Gasteiger partial charge in [-0.25, -0.2) is 15.8 Å². The summed E-state index contributed by atoms with van der Waals surface area (Å²) in [7, 11) is 1.66. The Labute approximate surface area is 175 Å². The van der Waals surface area contributed by atoms with Gasteiger partial charge in [-0.3, -0.25) is 0 Å². The summed E-state index contributed by atoms with van der Waals surface area (Å²) in [5.74, 6) is 2.48. The quantitative estimate of drug-likeness (QED) is 0.504. The van der Waals surface area contributed by atoms with E-state index in [-0.39, 0.29) is 12.2 Å². The monoisotopic (exact) mass is 400 g/mol. The van der Waals surface area contributed by atoms with Crippen molar-refractivity contribution in [3.63, 3.8) is 0 Å². The molecule has 1 aliphatic heterocycles. The zero-order chi connectivity index (χ0) is 20.3. The lowest BCUT2D eigenvalue weighted by atomic mass is 10.0. The lowest BCUT2D eigenvalue weighted by molar-refractivity contribution is 0.281. The van der Waals surface area contributed by atoms with Gasteiger partial charge in [0.25, 0.3) is 0 Å². The van der Waals surface area contributed by atoms with Crippen molar-refractivity contribution in [1.29, 1.82) is 0 Å². The number of imidazole rings is 1. The highest BCUT2D eigenvalue weighted by atomic mass is 16.5. The van der Waals surface area contributed by atoms with Gasteiger partial charge in [-0.2, -0.15) is 0 Å². The molecule has 1 aromatic heterocycles. The van der Waals surface area contributed by atoms with Gasteiger partial charge in [0.1, 0.15) is 30.1 Å². The summed E-state index contributed by atoms with van der Waals surface area (Å²) in [6.45, 7) is 0.384. The van der Waals surface area contributed by atoms with Gasteiger partial charge in [-0.15, -0.1) is 0 Å². The van der Waals surface area contributed by atoms with E-state index in [1.807, 2.05) is 48.5 Å². The van der Waals surface area contributed by atoms with Gasteiger partial charge in [0.05, 0.1) is 18.1 Å². The fourth-order valence-electron chi connectivity index (χ4n) is 3.98. The summed E-state index contributed by atoms with van der Waals surface area (Å²) < 4.78 is 13.5. The van der Waals surface area contributed by atoms with Crippen LogP contribution in [0.2, 0.25) is 0 Å². The minimum atomic E-state index is 0.0806. The van der Waals surface area contributed by atoms with Crippen molar-refractivity contribution >= 4 is 11.0 Å². The first kappa shape index (κ1) is 18.7. The number of fused-ring (bicyclic) bond motifs is 1. The van der Waals surface area contributed by atoms with Crippen molar-refractivity contribution in [2.75, 3.05) is 7.11 Å². The Morgan fingerprint density at radius 3 is 2.43 bits per heavy atom. The Bertz CT molecular complexity index is 1130. The Morgan fingerprint density at radius 2 is 1.63 bits per heavy atom. The Balaban J connectivity index is 1.41. The molecule has 0 saturated carbocycles. The Morgan fingerprint density at radius 1 is 0.900 bits per heavy atom. The summed E-state index contributed by atoms with van der Waals surface area (Å²) in [5, 5.41) is 0. The van der Waals surface area contributed by atoms with Crippen molar-refractivity contribution in [2.45, 2.75) is 25.2 Å². The van der Waals surface area contributed by atoms with Crippen LogP contribution in [-0.4, -0.2) is 16.7 Å². The number of hydrogen-bond acceptors (Lipinski definition) is 5. The van der Waals surface area contributed by atoms with Crippen molar-refractivity contribution in [3.8, 4) is 11.5 Å². The molecule has 0 radical (unpaired) electrons.